The van der Waals surface area contributed by atoms with E-state index in [1.807, 2.05) is 24.7 Å². The molecule has 0 saturated carbocycles. The number of rotatable bonds is 7. The van der Waals surface area contributed by atoms with Gasteiger partial charge in [0, 0.05) is 19.8 Å². The molecule has 0 fully saturated rings. The van der Waals surface area contributed by atoms with E-state index in [9.17, 15) is 4.79 Å². The van der Waals surface area contributed by atoms with Crippen LogP contribution in [0.5, 0.6) is 5.88 Å². The number of carbonyl (C=O) groups is 1. The number of aryl methyl sites for hydroxylation is 1. The Morgan fingerprint density at radius 2 is 2.13 bits per heavy atom. The average molecular weight is 339 g/mol. The van der Waals surface area contributed by atoms with Crippen molar-refractivity contribution in [3.63, 3.8) is 0 Å². The van der Waals surface area contributed by atoms with E-state index in [2.05, 4.69) is 15.3 Å². The quantitative estimate of drug-likeness (QED) is 0.561. The van der Waals surface area contributed by atoms with Gasteiger partial charge in [-0.05, 0) is 20.8 Å². The number of nitrogens with zero attached hydrogens (tertiary/aromatic N) is 5. The topological polar surface area (TPSA) is 84.1 Å². The molecule has 2 aromatic heterocycles. The Labute approximate surface area is 139 Å². The van der Waals surface area contributed by atoms with Gasteiger partial charge in [0.25, 0.3) is 0 Å². The van der Waals surface area contributed by atoms with Crippen LogP contribution in [0.25, 0.3) is 11.4 Å². The summed E-state index contributed by atoms with van der Waals surface area (Å²) >= 11 is 1.33. The smallest absolute Gasteiger partial charge is 0.319 e. The minimum absolute atomic E-state index is 0.260. The summed E-state index contributed by atoms with van der Waals surface area (Å²) in [5.74, 6) is 0.893. The van der Waals surface area contributed by atoms with E-state index in [1.54, 1.807) is 25.6 Å². The molecule has 0 aromatic carbocycles. The molecule has 0 aliphatic rings. The van der Waals surface area contributed by atoms with E-state index >= 15 is 0 Å². The predicted octanol–water partition coefficient (Wildman–Crippen LogP) is 1.75. The lowest BCUT2D eigenvalue weighted by Gasteiger charge is -2.11. The molecule has 1 atom stereocenters. The van der Waals surface area contributed by atoms with Crippen LogP contribution >= 0.6 is 11.8 Å². The number of ether oxygens (including phenoxy) is 2. The lowest BCUT2D eigenvalue weighted by molar-refractivity contribution is -0.142. The van der Waals surface area contributed by atoms with Crippen LogP contribution in [0.15, 0.2) is 11.4 Å². The van der Waals surface area contributed by atoms with Crippen molar-refractivity contribution < 1.29 is 14.3 Å². The summed E-state index contributed by atoms with van der Waals surface area (Å²) in [7, 11) is 3.38. The highest BCUT2D eigenvalue weighted by Crippen LogP contribution is 2.31. The molecule has 126 valence electrons. The third kappa shape index (κ3) is 3.66. The summed E-state index contributed by atoms with van der Waals surface area (Å²) < 4.78 is 13.9. The van der Waals surface area contributed by atoms with Gasteiger partial charge in [0.15, 0.2) is 11.0 Å². The van der Waals surface area contributed by atoms with Gasteiger partial charge in [-0.2, -0.15) is 0 Å². The van der Waals surface area contributed by atoms with Gasteiger partial charge in [0.2, 0.25) is 5.88 Å². The maximum absolute atomic E-state index is 11.8. The number of hydrogen-bond donors (Lipinski definition) is 0. The van der Waals surface area contributed by atoms with E-state index < -0.39 is 0 Å². The first-order chi connectivity index (χ1) is 11.0. The van der Waals surface area contributed by atoms with Gasteiger partial charge >= 0.3 is 5.97 Å². The molecule has 0 amide bonds. The van der Waals surface area contributed by atoms with Crippen molar-refractivity contribution in [3.8, 4) is 17.3 Å². The Kier molecular flexibility index (Phi) is 5.64. The summed E-state index contributed by atoms with van der Waals surface area (Å²) in [6.07, 6.45) is 1.83. The first-order valence-corrected chi connectivity index (χ1v) is 8.24. The molecule has 2 heterocycles. The highest BCUT2D eigenvalue weighted by Gasteiger charge is 2.23. The minimum Gasteiger partial charge on any atom is -0.479 e. The largest absolute Gasteiger partial charge is 0.479 e. The van der Waals surface area contributed by atoms with Gasteiger partial charge in [-0.15, -0.1) is 15.3 Å². The number of hydrogen-bond acceptors (Lipinski definition) is 7. The molecule has 0 spiro atoms. The lowest BCUT2D eigenvalue weighted by atomic mass is 10.3. The first-order valence-electron chi connectivity index (χ1n) is 7.36. The molecule has 0 radical (unpaired) electrons. The van der Waals surface area contributed by atoms with Crippen LogP contribution in [0, 0.1) is 0 Å². The monoisotopic (exact) mass is 339 g/mol. The number of thioether (sulfide) groups is 1. The van der Waals surface area contributed by atoms with Crippen molar-refractivity contribution in [2.45, 2.75) is 37.7 Å². The van der Waals surface area contributed by atoms with Crippen molar-refractivity contribution in [2.24, 2.45) is 7.05 Å². The molecular formula is C14H21N5O3S. The molecule has 0 aliphatic carbocycles. The van der Waals surface area contributed by atoms with Gasteiger partial charge in [-0.3, -0.25) is 9.48 Å². The number of carbonyl (C=O) groups excluding carboxylic acids is 1. The SMILES string of the molecule is CCOC(=O)C(C)Sc1nnc(-c2cn(C)nc2OC)n1CC. The van der Waals surface area contributed by atoms with E-state index in [-0.39, 0.29) is 11.2 Å². The van der Waals surface area contributed by atoms with Crippen molar-refractivity contribution >= 4 is 17.7 Å². The molecule has 0 aliphatic heterocycles. The average Bonchev–Trinajstić information content (AvgIpc) is 3.09. The third-order valence-corrected chi connectivity index (χ3v) is 4.22. The van der Waals surface area contributed by atoms with Gasteiger partial charge in [0.1, 0.15) is 10.8 Å². The van der Waals surface area contributed by atoms with Crippen LogP contribution in [-0.4, -0.2) is 49.5 Å². The zero-order chi connectivity index (χ0) is 17.0. The van der Waals surface area contributed by atoms with Crippen molar-refractivity contribution in [1.82, 2.24) is 24.5 Å². The molecule has 0 bridgehead atoms. The Morgan fingerprint density at radius 3 is 2.74 bits per heavy atom. The molecule has 2 rings (SSSR count). The van der Waals surface area contributed by atoms with Crippen LogP contribution in [0.4, 0.5) is 0 Å². The third-order valence-electron chi connectivity index (χ3n) is 3.16. The summed E-state index contributed by atoms with van der Waals surface area (Å²) in [4.78, 5) is 11.8. The summed E-state index contributed by atoms with van der Waals surface area (Å²) in [5.41, 5.74) is 0.764. The Balaban J connectivity index is 2.31. The zero-order valence-corrected chi connectivity index (χ0v) is 14.8. The van der Waals surface area contributed by atoms with Gasteiger partial charge in [0.05, 0.1) is 13.7 Å². The predicted molar refractivity (Wildman–Crippen MR) is 86.4 cm³/mol. The second kappa shape index (κ2) is 7.49. The van der Waals surface area contributed by atoms with Crippen LogP contribution in [0.3, 0.4) is 0 Å². The molecule has 8 nitrogen and oxygen atoms in total. The molecule has 2 aromatic rings. The van der Waals surface area contributed by atoms with Gasteiger partial charge in [-0.1, -0.05) is 11.8 Å². The zero-order valence-electron chi connectivity index (χ0n) is 13.9. The van der Waals surface area contributed by atoms with Crippen molar-refractivity contribution in [2.75, 3.05) is 13.7 Å². The van der Waals surface area contributed by atoms with Gasteiger partial charge in [-0.25, -0.2) is 0 Å². The normalized spacial score (nSPS) is 12.2. The summed E-state index contributed by atoms with van der Waals surface area (Å²) in [6.45, 7) is 6.60. The Hall–Kier alpha value is -2.03. The molecule has 1 unspecified atom stereocenters. The van der Waals surface area contributed by atoms with Gasteiger partial charge < -0.3 is 14.0 Å². The highest BCUT2D eigenvalue weighted by atomic mass is 32.2. The second-order valence-corrected chi connectivity index (χ2v) is 6.10. The van der Waals surface area contributed by atoms with Crippen LogP contribution in [0.2, 0.25) is 0 Å². The minimum atomic E-state index is -0.354. The molecular weight excluding hydrogens is 318 g/mol. The lowest BCUT2D eigenvalue weighted by Crippen LogP contribution is -2.17. The number of methoxy groups -OCH3 is 1. The van der Waals surface area contributed by atoms with Crippen LogP contribution in [0.1, 0.15) is 20.8 Å². The number of aromatic nitrogens is 5. The van der Waals surface area contributed by atoms with E-state index in [0.717, 1.165) is 5.56 Å². The van der Waals surface area contributed by atoms with E-state index in [4.69, 9.17) is 9.47 Å². The van der Waals surface area contributed by atoms with E-state index in [0.29, 0.717) is 30.0 Å². The standard InChI is InChI=1S/C14H21N5O3S/c1-6-19-11(10-8-18(4)17-12(10)21-5)15-16-14(19)23-9(3)13(20)22-7-2/h8-9H,6-7H2,1-5H3. The van der Waals surface area contributed by atoms with Crippen molar-refractivity contribution in [1.29, 1.82) is 0 Å². The molecule has 0 N–H and O–H groups in total. The maximum atomic E-state index is 11.8. The van der Waals surface area contributed by atoms with Crippen LogP contribution in [-0.2, 0) is 23.1 Å². The fourth-order valence-corrected chi connectivity index (χ4v) is 3.01. The highest BCUT2D eigenvalue weighted by molar-refractivity contribution is 8.00. The van der Waals surface area contributed by atoms with Crippen molar-refractivity contribution in [3.05, 3.63) is 6.20 Å². The summed E-state index contributed by atoms with van der Waals surface area (Å²) in [6, 6.07) is 0. The summed E-state index contributed by atoms with van der Waals surface area (Å²) in [5, 5.41) is 13.0. The van der Waals surface area contributed by atoms with Crippen LogP contribution < -0.4 is 4.74 Å². The maximum Gasteiger partial charge on any atom is 0.319 e. The fourth-order valence-electron chi connectivity index (χ4n) is 2.10. The molecule has 9 heteroatoms. The first kappa shape index (κ1) is 17.3. The van der Waals surface area contributed by atoms with E-state index in [1.165, 1.54) is 11.8 Å². The molecule has 23 heavy (non-hydrogen) atoms. The molecule has 0 saturated heterocycles. The Morgan fingerprint density at radius 1 is 1.39 bits per heavy atom. The fraction of sp³-hybridized carbons (Fsp3) is 0.571. The Bertz CT molecular complexity index is 682. The second-order valence-electron chi connectivity index (χ2n) is 4.79. The number of esters is 1.